The highest BCUT2D eigenvalue weighted by molar-refractivity contribution is 5.96. The molecule has 2 fully saturated rings. The maximum Gasteiger partial charge on any atom is 0.408 e. The molecule has 6 rings (SSSR count). The van der Waals surface area contributed by atoms with E-state index in [9.17, 15) is 24.3 Å². The molecule has 51 heavy (non-hydrogen) atoms. The molecular formula is C39H46N4O8. The highest BCUT2D eigenvalue weighted by Crippen LogP contribution is 2.47. The van der Waals surface area contributed by atoms with Crippen molar-refractivity contribution in [2.24, 2.45) is 5.92 Å². The summed E-state index contributed by atoms with van der Waals surface area (Å²) in [5.74, 6) is -1.18. The van der Waals surface area contributed by atoms with Crippen LogP contribution in [0.3, 0.4) is 0 Å². The van der Waals surface area contributed by atoms with Crippen LogP contribution in [0.25, 0.3) is 22.2 Å². The summed E-state index contributed by atoms with van der Waals surface area (Å²) in [6, 6.07) is 15.0. The largest absolute Gasteiger partial charge is 0.497 e. The molecule has 2 aliphatic heterocycles. The fraction of sp³-hybridized carbons (Fsp3) is 0.462. The van der Waals surface area contributed by atoms with Gasteiger partial charge in [0.2, 0.25) is 11.8 Å². The summed E-state index contributed by atoms with van der Waals surface area (Å²) in [5.41, 5.74) is 0.0207. The van der Waals surface area contributed by atoms with Crippen molar-refractivity contribution in [2.45, 2.75) is 95.0 Å². The van der Waals surface area contributed by atoms with Gasteiger partial charge in [0.1, 0.15) is 40.8 Å². The Morgan fingerprint density at radius 1 is 1.04 bits per heavy atom. The Bertz CT molecular complexity index is 1820. The standard InChI is InChI=1S/C39H46N4O8/c1-38(2,3)51-37(48)41-29-16-12-7-5-6-11-15-25-22-39(25,36(46)47)42-34(44)32-20-27(23-43(32)35(29)45)50-33-21-30(24-13-9-8-10-14-24)40-31-19-26(49-4)17-18-28(31)33/h5-6,8-10,13-14,17-19,21,25,27,29,32H,7,11-12,15-16,20,22-23H2,1-4H3,(H,41,48)(H,42,44)(H,46,47)/b6-5-/t25?,27-,29+,32+,39-/m1/s1. The lowest BCUT2D eigenvalue weighted by molar-refractivity contribution is -0.146. The molecule has 0 radical (unpaired) electrons. The molecule has 1 aromatic heterocycles. The zero-order valence-electron chi connectivity index (χ0n) is 29.5. The quantitative estimate of drug-likeness (QED) is 0.278. The number of amides is 3. The molecule has 3 amide bonds. The van der Waals surface area contributed by atoms with E-state index in [0.29, 0.717) is 61.2 Å². The van der Waals surface area contributed by atoms with Crippen LogP contribution in [0.1, 0.15) is 65.7 Å². The lowest BCUT2D eigenvalue weighted by Crippen LogP contribution is -2.56. The monoisotopic (exact) mass is 698 g/mol. The van der Waals surface area contributed by atoms with Gasteiger partial charge < -0.3 is 34.9 Å². The second kappa shape index (κ2) is 14.6. The highest BCUT2D eigenvalue weighted by atomic mass is 16.6. The number of aliphatic carboxylic acids is 1. The number of hydrogen-bond donors (Lipinski definition) is 3. The van der Waals surface area contributed by atoms with Gasteiger partial charge in [-0.1, -0.05) is 42.5 Å². The van der Waals surface area contributed by atoms with Crippen LogP contribution in [0, 0.1) is 5.92 Å². The van der Waals surface area contributed by atoms with Crippen LogP contribution in [0.15, 0.2) is 66.7 Å². The zero-order chi connectivity index (χ0) is 36.3. The van der Waals surface area contributed by atoms with E-state index in [2.05, 4.69) is 10.6 Å². The maximum atomic E-state index is 14.4. The van der Waals surface area contributed by atoms with Gasteiger partial charge in [-0.05, 0) is 77.3 Å². The SMILES string of the molecule is COc1ccc2c(O[C@@H]3C[C@H]4C(=O)N[C@]5(C(=O)O)CC5CC/C=C\CCC[C@H](NC(=O)OC(C)(C)C)C(=O)N4C3)cc(-c3ccccc3)nc2c1. The third-order valence-corrected chi connectivity index (χ3v) is 9.72. The fourth-order valence-electron chi connectivity index (χ4n) is 7.04. The number of benzene rings is 2. The lowest BCUT2D eigenvalue weighted by Gasteiger charge is -2.30. The molecular weight excluding hydrogens is 652 g/mol. The van der Waals surface area contributed by atoms with E-state index >= 15 is 0 Å². The van der Waals surface area contributed by atoms with Gasteiger partial charge in [0, 0.05) is 29.5 Å². The second-order valence-corrected chi connectivity index (χ2v) is 14.6. The van der Waals surface area contributed by atoms with Crippen molar-refractivity contribution in [3.63, 3.8) is 0 Å². The third-order valence-electron chi connectivity index (χ3n) is 9.72. The molecule has 1 aliphatic carbocycles. The molecule has 3 aliphatic rings. The Hall–Kier alpha value is -5.13. The minimum Gasteiger partial charge on any atom is -0.497 e. The number of nitrogens with zero attached hydrogens (tertiary/aromatic N) is 2. The summed E-state index contributed by atoms with van der Waals surface area (Å²) in [6.07, 6.45) is 5.96. The number of carbonyl (C=O) groups is 4. The highest BCUT2D eigenvalue weighted by Gasteiger charge is 2.62. The van der Waals surface area contributed by atoms with Gasteiger partial charge in [-0.2, -0.15) is 0 Å². The first-order valence-corrected chi connectivity index (χ1v) is 17.6. The Kier molecular flexibility index (Phi) is 10.2. The molecule has 12 nitrogen and oxygen atoms in total. The van der Waals surface area contributed by atoms with Crippen LogP contribution in [-0.4, -0.2) is 81.8 Å². The zero-order valence-corrected chi connectivity index (χ0v) is 29.5. The van der Waals surface area contributed by atoms with E-state index < -0.39 is 53.2 Å². The number of carboxylic acids is 1. The molecule has 0 bridgehead atoms. The van der Waals surface area contributed by atoms with E-state index in [1.165, 1.54) is 4.90 Å². The van der Waals surface area contributed by atoms with Gasteiger partial charge in [0.05, 0.1) is 24.9 Å². The minimum atomic E-state index is -1.39. The average molecular weight is 699 g/mol. The van der Waals surface area contributed by atoms with Crippen LogP contribution >= 0.6 is 0 Å². The fourth-order valence-corrected chi connectivity index (χ4v) is 7.04. The second-order valence-electron chi connectivity index (χ2n) is 14.6. The van der Waals surface area contributed by atoms with Crippen molar-refractivity contribution in [3.8, 4) is 22.8 Å². The topological polar surface area (TPSA) is 156 Å². The molecule has 270 valence electrons. The van der Waals surface area contributed by atoms with Crippen molar-refractivity contribution in [3.05, 3.63) is 66.7 Å². The average Bonchev–Trinajstić information content (AvgIpc) is 3.63. The van der Waals surface area contributed by atoms with Crippen molar-refractivity contribution in [1.29, 1.82) is 0 Å². The van der Waals surface area contributed by atoms with Crippen LogP contribution < -0.4 is 20.1 Å². The number of carboxylic acid groups (broad SMARTS) is 1. The molecule has 1 saturated carbocycles. The summed E-state index contributed by atoms with van der Waals surface area (Å²) < 4.78 is 17.6. The van der Waals surface area contributed by atoms with E-state index in [4.69, 9.17) is 19.2 Å². The molecule has 0 spiro atoms. The third kappa shape index (κ3) is 8.10. The smallest absolute Gasteiger partial charge is 0.408 e. The predicted octanol–water partition coefficient (Wildman–Crippen LogP) is 5.63. The van der Waals surface area contributed by atoms with Gasteiger partial charge in [0.25, 0.3) is 0 Å². The molecule has 12 heteroatoms. The number of fused-ring (bicyclic) bond motifs is 3. The lowest BCUT2D eigenvalue weighted by atomic mass is 10.1. The van der Waals surface area contributed by atoms with E-state index in [1.54, 1.807) is 27.9 Å². The number of hydrogen-bond acceptors (Lipinski definition) is 8. The van der Waals surface area contributed by atoms with Crippen molar-refractivity contribution in [2.75, 3.05) is 13.7 Å². The van der Waals surface area contributed by atoms with Gasteiger partial charge >= 0.3 is 12.1 Å². The first-order chi connectivity index (χ1) is 24.4. The predicted molar refractivity (Wildman–Crippen MR) is 190 cm³/mol. The minimum absolute atomic E-state index is 0.0352. The first-order valence-electron chi connectivity index (χ1n) is 17.6. The Balaban J connectivity index is 1.34. The normalized spacial score (nSPS) is 26.1. The van der Waals surface area contributed by atoms with Gasteiger partial charge in [-0.25, -0.2) is 14.6 Å². The van der Waals surface area contributed by atoms with Crippen molar-refractivity contribution >= 4 is 34.8 Å². The number of nitrogens with one attached hydrogen (secondary N) is 2. The van der Waals surface area contributed by atoms with Gasteiger partial charge in [-0.15, -0.1) is 0 Å². The molecule has 1 saturated heterocycles. The molecule has 1 unspecified atom stereocenters. The van der Waals surface area contributed by atoms with Crippen molar-refractivity contribution in [1.82, 2.24) is 20.5 Å². The molecule has 5 atom stereocenters. The van der Waals surface area contributed by atoms with E-state index in [1.807, 2.05) is 66.7 Å². The Morgan fingerprint density at radius 2 is 1.80 bits per heavy atom. The number of methoxy groups -OCH3 is 1. The van der Waals surface area contributed by atoms with Crippen LogP contribution in [0.2, 0.25) is 0 Å². The van der Waals surface area contributed by atoms with Crippen molar-refractivity contribution < 1.29 is 38.5 Å². The molecule has 3 heterocycles. The number of rotatable bonds is 6. The number of alkyl carbamates (subject to hydrolysis) is 1. The first kappa shape index (κ1) is 35.7. The molecule has 3 N–H and O–H groups in total. The summed E-state index contributed by atoms with van der Waals surface area (Å²) in [6.45, 7) is 5.26. The van der Waals surface area contributed by atoms with E-state index in [-0.39, 0.29) is 18.9 Å². The number of pyridine rings is 1. The number of ether oxygens (including phenoxy) is 3. The summed E-state index contributed by atoms with van der Waals surface area (Å²) >= 11 is 0. The number of carbonyl (C=O) groups excluding carboxylic acids is 3. The van der Waals surface area contributed by atoms with E-state index in [0.717, 1.165) is 10.9 Å². The summed E-state index contributed by atoms with van der Waals surface area (Å²) in [7, 11) is 1.58. The van der Waals surface area contributed by atoms with Gasteiger partial charge in [-0.3, -0.25) is 9.59 Å². The molecule has 2 aromatic carbocycles. The molecule has 3 aromatic rings. The number of allylic oxidation sites excluding steroid dienone is 2. The number of aromatic nitrogens is 1. The van der Waals surface area contributed by atoms with Gasteiger partial charge in [0.15, 0.2) is 0 Å². The van der Waals surface area contributed by atoms with Crippen LogP contribution in [0.4, 0.5) is 4.79 Å². The van der Waals surface area contributed by atoms with Crippen LogP contribution in [0.5, 0.6) is 11.5 Å². The Labute approximate surface area is 297 Å². The Morgan fingerprint density at radius 3 is 2.53 bits per heavy atom. The maximum absolute atomic E-state index is 14.4. The van der Waals surface area contributed by atoms with Crippen LogP contribution in [-0.2, 0) is 19.1 Å². The summed E-state index contributed by atoms with van der Waals surface area (Å²) in [4.78, 5) is 60.2. The summed E-state index contributed by atoms with van der Waals surface area (Å²) in [5, 5.41) is 16.5.